The molecular weight excluding hydrogens is 1180 g/mol. The van der Waals surface area contributed by atoms with Crippen molar-refractivity contribution < 1.29 is 31.5 Å². The summed E-state index contributed by atoms with van der Waals surface area (Å²) in [7, 11) is 0. The summed E-state index contributed by atoms with van der Waals surface area (Å²) in [6.07, 6.45) is 25.5. The number of Topliss-reactive ketones (excluding diaryl/α,β-unsaturated/α-hetero) is 6. The Hall–Kier alpha value is -8.58. The predicted molar refractivity (Wildman–Crippen MR) is 367 cm³/mol. The summed E-state index contributed by atoms with van der Waals surface area (Å²) in [5, 5.41) is 0. The molecule has 14 rings (SSSR count). The second-order valence-electron chi connectivity index (χ2n) is 25.9. The van der Waals surface area contributed by atoms with E-state index in [0.717, 1.165) is 152 Å². The van der Waals surface area contributed by atoms with E-state index in [-0.39, 0.29) is 52.7 Å². The molecule has 18 heteroatoms. The van der Waals surface area contributed by atoms with Gasteiger partial charge in [-0.05, 0) is 157 Å². The second-order valence-corrected chi connectivity index (χ2v) is 25.9. The second kappa shape index (κ2) is 29.0. The molecular formula is C76H88N12O6. The Balaban J connectivity index is 0.000000138. The maximum atomic E-state index is 12.5. The minimum absolute atomic E-state index is 0.0244. The summed E-state index contributed by atoms with van der Waals surface area (Å²) in [4.78, 5) is 113. The summed E-state index contributed by atoms with van der Waals surface area (Å²) in [6.45, 7) is 20.0. The topological polar surface area (TPSA) is 199 Å². The fourth-order valence-electron chi connectivity index (χ4n) is 13.7. The van der Waals surface area contributed by atoms with Gasteiger partial charge in [0.15, 0.2) is 34.7 Å². The summed E-state index contributed by atoms with van der Waals surface area (Å²) in [5.41, 5.74) is 15.9. The van der Waals surface area contributed by atoms with E-state index in [1.165, 1.54) is 11.1 Å². The molecule has 94 heavy (non-hydrogen) atoms. The van der Waals surface area contributed by atoms with Crippen LogP contribution in [-0.4, -0.2) is 158 Å². The van der Waals surface area contributed by atoms with Crippen LogP contribution in [0.4, 0.5) is 17.1 Å². The lowest BCUT2D eigenvalue weighted by Gasteiger charge is -2.41. The molecule has 1 unspecified atom stereocenters. The molecule has 18 nitrogen and oxygen atoms in total. The Morgan fingerprint density at radius 2 is 0.957 bits per heavy atom. The van der Waals surface area contributed by atoms with Gasteiger partial charge in [-0.15, -0.1) is 0 Å². The van der Waals surface area contributed by atoms with E-state index in [1.807, 2.05) is 113 Å². The Morgan fingerprint density at radius 3 is 1.43 bits per heavy atom. The van der Waals surface area contributed by atoms with E-state index >= 15 is 0 Å². The quantitative estimate of drug-likeness (QED) is 0.0735. The Morgan fingerprint density at radius 1 is 0.511 bits per heavy atom. The summed E-state index contributed by atoms with van der Waals surface area (Å²) < 4.78 is 17.5. The largest absolute Gasteiger partial charge is 0.368 e. The number of allylic oxidation sites excluding steroid dienone is 3. The smallest absolute Gasteiger partial charge is 0.180 e. The van der Waals surface area contributed by atoms with Crippen molar-refractivity contribution >= 4 is 70.0 Å². The van der Waals surface area contributed by atoms with Gasteiger partial charge in [-0.3, -0.25) is 73.4 Å². The van der Waals surface area contributed by atoms with Gasteiger partial charge < -0.3 is 14.7 Å². The van der Waals surface area contributed by atoms with Crippen molar-refractivity contribution in [2.24, 2.45) is 5.92 Å². The summed E-state index contributed by atoms with van der Waals surface area (Å²) in [6, 6.07) is 17.8. The molecule has 3 saturated heterocycles. The van der Waals surface area contributed by atoms with Crippen LogP contribution in [0.5, 0.6) is 0 Å². The number of hydrogen-bond acceptors (Lipinski definition) is 18. The van der Waals surface area contributed by atoms with Crippen LogP contribution in [0.25, 0.3) is 18.2 Å². The molecule has 0 spiro atoms. The third-order valence-corrected chi connectivity index (χ3v) is 20.0. The van der Waals surface area contributed by atoms with E-state index in [1.54, 1.807) is 24.5 Å². The van der Waals surface area contributed by atoms with E-state index in [9.17, 15) is 28.8 Å². The molecule has 6 aromatic heterocycles. The number of carbonyl (C=O) groups is 6. The van der Waals surface area contributed by atoms with Gasteiger partial charge in [-0.1, -0.05) is 46.8 Å². The average molecular weight is 1270 g/mol. The van der Waals surface area contributed by atoms with Crippen molar-refractivity contribution in [2.75, 3.05) is 93.2 Å². The third kappa shape index (κ3) is 14.7. The number of ketones is 6. The van der Waals surface area contributed by atoms with E-state index in [0.29, 0.717) is 93.3 Å². The number of nitrogens with zero attached hydrogens (tertiary/aromatic N) is 12. The molecule has 8 aliphatic rings. The van der Waals surface area contributed by atoms with Gasteiger partial charge in [-0.2, -0.15) is 0 Å². The zero-order valence-corrected chi connectivity index (χ0v) is 55.3. The number of hydrogen-bond donors (Lipinski definition) is 0. The number of rotatable bonds is 18. The Labute approximate surface area is 555 Å². The predicted octanol–water partition coefficient (Wildman–Crippen LogP) is 11.0. The van der Waals surface area contributed by atoms with Crippen LogP contribution in [0.1, 0.15) is 190 Å². The highest BCUT2D eigenvalue weighted by Gasteiger charge is 2.50. The number of pyridine rings is 6. The molecule has 488 valence electrons. The first-order chi connectivity index (χ1) is 46.4. The van der Waals surface area contributed by atoms with Crippen LogP contribution in [0, 0.1) is 5.92 Å². The molecule has 1 atom stereocenters. The molecule has 0 aromatic carbocycles. The molecule has 5 aliphatic carbocycles. The monoisotopic (exact) mass is 1270 g/mol. The first-order valence-corrected chi connectivity index (χ1v) is 34.1. The SMILES string of the molecule is CCC(=O)c1ccc(N2CCN(C(C)c3cnc4c(c3)CC(=O)C(C3CC3)=C4)CC2)cn1.CCC(=O)c1ccc(N2CCN(C3(c4cnc5c(c4)CC(=O)C(CC)=C5)CC3)CC2)cn1.[2H]C([2H])(c1cnc2c(c1)CC(=O)C(CC)=C2)N1CCN(c2ccc(C(=O)CC)nc2)CC1. The van der Waals surface area contributed by atoms with E-state index in [2.05, 4.69) is 63.5 Å². The fraction of sp³-hybridized carbons (Fsp3) is 0.447. The number of aromatic nitrogens is 6. The zero-order chi connectivity index (χ0) is 67.4. The standard InChI is InChI=1S/2C26H30N4O2.C24H28N4O2/c1-3-25(31)23-7-6-21(16-28-23)30-10-8-29(9-11-30)17(2)20-12-19-13-26(32)22(18-4-5-18)14-24(19)27-15-20;1-3-18-14-23-19(15-25(18)32)13-20(16-27-23)26(7-8-26)30-11-9-29(10-12-30)21-5-6-22(28-17-21)24(31)4-2;1-3-18-12-22-19(13-24(18)30)11-17(14-25-22)16-27-7-9-28(10-8-27)20-5-6-21(26-15-20)23(29)4-2/h6-7,12,14-18H,3-5,8-11,13H2,1-2H3;5-6,13-14,16-17H,3-4,7-12,15H2,1-2H3;5-6,11-12,14-15H,3-4,7-10,13,16H2,1-2H3/i;;16D2. The summed E-state index contributed by atoms with van der Waals surface area (Å²) in [5.74, 6) is 1.27. The molecule has 5 fully saturated rings. The van der Waals surface area contributed by atoms with Gasteiger partial charge in [0.05, 0.1) is 52.7 Å². The normalized spacial score (nSPS) is 19.5. The minimum Gasteiger partial charge on any atom is -0.368 e. The van der Waals surface area contributed by atoms with Gasteiger partial charge in [0.25, 0.3) is 0 Å². The molecule has 0 bridgehead atoms. The number of fused-ring (bicyclic) bond motifs is 3. The molecule has 0 N–H and O–H groups in total. The maximum Gasteiger partial charge on any atom is 0.180 e. The third-order valence-electron chi connectivity index (χ3n) is 20.0. The van der Waals surface area contributed by atoms with Gasteiger partial charge >= 0.3 is 0 Å². The lowest BCUT2D eigenvalue weighted by molar-refractivity contribution is -0.116. The van der Waals surface area contributed by atoms with E-state index < -0.39 is 6.50 Å². The van der Waals surface area contributed by atoms with Crippen LogP contribution >= 0.6 is 0 Å². The van der Waals surface area contributed by atoms with Crippen molar-refractivity contribution in [1.82, 2.24) is 44.6 Å². The Kier molecular flexibility index (Phi) is 19.4. The van der Waals surface area contributed by atoms with Crippen molar-refractivity contribution in [3.05, 3.63) is 176 Å². The first-order valence-electron chi connectivity index (χ1n) is 35.1. The molecule has 9 heterocycles. The molecule has 2 saturated carbocycles. The zero-order valence-electron chi connectivity index (χ0n) is 57.3. The minimum atomic E-state index is -1.68. The van der Waals surface area contributed by atoms with Crippen LogP contribution in [0.15, 0.2) is 108 Å². The number of anilines is 3. The fourth-order valence-corrected chi connectivity index (χ4v) is 13.7. The maximum absolute atomic E-state index is 12.5. The van der Waals surface area contributed by atoms with Gasteiger partial charge in [0.2, 0.25) is 0 Å². The van der Waals surface area contributed by atoms with Crippen LogP contribution in [-0.2, 0) is 45.7 Å². The number of piperazine rings is 3. The van der Waals surface area contributed by atoms with Crippen LogP contribution in [0.2, 0.25) is 0 Å². The molecule has 0 radical (unpaired) electrons. The van der Waals surface area contributed by atoms with Crippen molar-refractivity contribution in [1.29, 1.82) is 0 Å². The lowest BCUT2D eigenvalue weighted by Crippen LogP contribution is -2.50. The molecule has 6 aromatic rings. The highest BCUT2D eigenvalue weighted by atomic mass is 16.1. The van der Waals surface area contributed by atoms with Gasteiger partial charge in [-0.25, -0.2) is 0 Å². The highest BCUT2D eigenvalue weighted by molar-refractivity contribution is 6.05. The molecule has 0 amide bonds. The summed E-state index contributed by atoms with van der Waals surface area (Å²) >= 11 is 0. The van der Waals surface area contributed by atoms with Crippen molar-refractivity contribution in [3.63, 3.8) is 0 Å². The number of carbonyl (C=O) groups excluding carboxylic acids is 6. The lowest BCUT2D eigenvalue weighted by atomic mass is 9.90. The van der Waals surface area contributed by atoms with Gasteiger partial charge in [0, 0.05) is 162 Å². The van der Waals surface area contributed by atoms with Gasteiger partial charge in [0.1, 0.15) is 17.1 Å². The molecule has 3 aliphatic heterocycles. The Bertz CT molecular complexity index is 3860. The highest BCUT2D eigenvalue weighted by Crippen LogP contribution is 2.52. The van der Waals surface area contributed by atoms with Crippen LogP contribution in [0.3, 0.4) is 0 Å². The van der Waals surface area contributed by atoms with Crippen LogP contribution < -0.4 is 14.7 Å². The van der Waals surface area contributed by atoms with Crippen molar-refractivity contribution in [3.8, 4) is 0 Å². The average Bonchev–Trinajstić information content (AvgIpc) is 1.44. The van der Waals surface area contributed by atoms with E-state index in [4.69, 9.17) is 12.7 Å². The van der Waals surface area contributed by atoms with Crippen molar-refractivity contribution in [2.45, 2.75) is 137 Å². The first kappa shape index (κ1) is 62.8.